The first-order valence-electron chi connectivity index (χ1n) is 3.71. The minimum atomic E-state index is -6.15. The molecule has 0 N–H and O–H groups in total. The molecule has 0 aliphatic carbocycles. The van der Waals surface area contributed by atoms with Crippen molar-refractivity contribution in [2.75, 3.05) is 6.67 Å². The highest BCUT2D eigenvalue weighted by molar-refractivity contribution is 5.78. The second-order valence-corrected chi connectivity index (χ2v) is 2.97. The fourth-order valence-electron chi connectivity index (χ4n) is 0.977. The average Bonchev–Trinajstić information content (AvgIpc) is 2.35. The Morgan fingerprint density at radius 2 is 1.59 bits per heavy atom. The summed E-state index contributed by atoms with van der Waals surface area (Å²) in [6, 6.07) is -3.57. The smallest absolute Gasteiger partial charge is 0.287 e. The van der Waals surface area contributed by atoms with E-state index in [1.54, 1.807) is 0 Å². The van der Waals surface area contributed by atoms with Crippen molar-refractivity contribution in [1.82, 2.24) is 0 Å². The summed E-state index contributed by atoms with van der Waals surface area (Å²) in [5, 5.41) is 0. The summed E-state index contributed by atoms with van der Waals surface area (Å²) in [4.78, 5) is 10.0. The zero-order valence-corrected chi connectivity index (χ0v) is 7.46. The van der Waals surface area contributed by atoms with Crippen LogP contribution in [0.5, 0.6) is 0 Å². The van der Waals surface area contributed by atoms with Gasteiger partial charge in [0.25, 0.3) is 0 Å². The second kappa shape index (κ2) is 3.51. The van der Waals surface area contributed by atoms with Crippen LogP contribution in [-0.2, 0) is 14.3 Å². The zero-order valence-electron chi connectivity index (χ0n) is 7.46. The van der Waals surface area contributed by atoms with E-state index in [0.29, 0.717) is 0 Å². The minimum absolute atomic E-state index is 2.65. The molecule has 0 saturated carbocycles. The predicted molar refractivity (Wildman–Crippen MR) is 31.8 cm³/mol. The largest absolute Gasteiger partial charge is 0.454 e. The van der Waals surface area contributed by atoms with Gasteiger partial charge in [-0.1, -0.05) is 0 Å². The van der Waals surface area contributed by atoms with Gasteiger partial charge in [-0.3, -0.25) is 14.3 Å². The first-order valence-corrected chi connectivity index (χ1v) is 3.71. The third-order valence-corrected chi connectivity index (χ3v) is 1.82. The van der Waals surface area contributed by atoms with Crippen molar-refractivity contribution < 1.29 is 49.4 Å². The highest BCUT2D eigenvalue weighted by Crippen LogP contribution is 2.54. The Kier molecular flexibility index (Phi) is 2.91. The van der Waals surface area contributed by atoms with E-state index in [1.165, 1.54) is 0 Å². The van der Waals surface area contributed by atoms with Crippen LogP contribution in [0, 0.1) is 0 Å². The lowest BCUT2D eigenvalue weighted by atomic mass is 10.3. The standard InChI is InChI=1S/C6H2F8O3/c7-1-3(9)6(13,14)17-4(16-3,2(8)15)5(10,11)12/h1H2. The SMILES string of the molecule is O=C(F)C1(C(F)(F)F)OC(F)(F)C(F)(CF)O1. The van der Waals surface area contributed by atoms with Gasteiger partial charge in [0.1, 0.15) is 0 Å². The molecule has 2 unspecified atom stereocenters. The van der Waals surface area contributed by atoms with Crippen LogP contribution in [0.25, 0.3) is 0 Å². The molecule has 3 nitrogen and oxygen atoms in total. The van der Waals surface area contributed by atoms with Crippen LogP contribution in [0.1, 0.15) is 0 Å². The van der Waals surface area contributed by atoms with Gasteiger partial charge in [-0.2, -0.15) is 30.7 Å². The van der Waals surface area contributed by atoms with Crippen LogP contribution in [0.15, 0.2) is 0 Å². The molecule has 1 aliphatic heterocycles. The highest BCUT2D eigenvalue weighted by Gasteiger charge is 2.82. The maximum Gasteiger partial charge on any atom is 0.454 e. The summed E-state index contributed by atoms with van der Waals surface area (Å²) in [6.07, 6.45) is -11.6. The molecule has 100 valence electrons. The van der Waals surface area contributed by atoms with Crippen molar-refractivity contribution in [3.8, 4) is 0 Å². The summed E-state index contributed by atoms with van der Waals surface area (Å²) in [5.41, 5.74) is 0. The number of halogens is 8. The molecule has 0 aromatic rings. The Morgan fingerprint density at radius 3 is 1.76 bits per heavy atom. The fraction of sp³-hybridized carbons (Fsp3) is 0.833. The Labute approximate surface area is 87.3 Å². The highest BCUT2D eigenvalue weighted by atomic mass is 19.4. The minimum Gasteiger partial charge on any atom is -0.287 e. The number of rotatable bonds is 2. The third-order valence-electron chi connectivity index (χ3n) is 1.82. The molecule has 1 saturated heterocycles. The number of hydrogen-bond acceptors (Lipinski definition) is 3. The normalized spacial score (nSPS) is 37.2. The van der Waals surface area contributed by atoms with Gasteiger partial charge in [0.15, 0.2) is 6.67 Å². The van der Waals surface area contributed by atoms with Gasteiger partial charge in [0.05, 0.1) is 0 Å². The third kappa shape index (κ3) is 1.76. The van der Waals surface area contributed by atoms with E-state index < -0.39 is 36.6 Å². The Morgan fingerprint density at radius 1 is 1.12 bits per heavy atom. The van der Waals surface area contributed by atoms with E-state index in [9.17, 15) is 39.9 Å². The van der Waals surface area contributed by atoms with Crippen molar-refractivity contribution in [3.63, 3.8) is 0 Å². The van der Waals surface area contributed by atoms with E-state index in [4.69, 9.17) is 0 Å². The van der Waals surface area contributed by atoms with E-state index in [1.807, 2.05) is 0 Å². The quantitative estimate of drug-likeness (QED) is 0.571. The zero-order chi connectivity index (χ0) is 13.7. The van der Waals surface area contributed by atoms with Crippen LogP contribution >= 0.6 is 0 Å². The van der Waals surface area contributed by atoms with Crippen molar-refractivity contribution in [2.45, 2.75) is 23.9 Å². The first kappa shape index (κ1) is 14.1. The van der Waals surface area contributed by atoms with Crippen LogP contribution < -0.4 is 0 Å². The number of alkyl halides is 7. The van der Waals surface area contributed by atoms with Crippen LogP contribution in [0.3, 0.4) is 0 Å². The summed E-state index contributed by atoms with van der Waals surface area (Å²) < 4.78 is 104. The topological polar surface area (TPSA) is 35.5 Å². The molecule has 1 heterocycles. The van der Waals surface area contributed by atoms with Gasteiger partial charge < -0.3 is 0 Å². The van der Waals surface area contributed by atoms with E-state index in [0.717, 1.165) is 0 Å². The molecule has 1 rings (SSSR count). The van der Waals surface area contributed by atoms with Crippen molar-refractivity contribution in [1.29, 1.82) is 0 Å². The number of hydrogen-bond donors (Lipinski definition) is 0. The molecule has 0 aromatic heterocycles. The number of carbonyl (C=O) groups is 1. The van der Waals surface area contributed by atoms with Crippen LogP contribution in [0.4, 0.5) is 35.1 Å². The van der Waals surface area contributed by atoms with E-state index >= 15 is 0 Å². The summed E-state index contributed by atoms with van der Waals surface area (Å²) >= 11 is 0. The van der Waals surface area contributed by atoms with Crippen LogP contribution in [0.2, 0.25) is 0 Å². The average molecular weight is 274 g/mol. The molecule has 0 radical (unpaired) electrons. The molecule has 1 fully saturated rings. The molecule has 2 atom stereocenters. The maximum absolute atomic E-state index is 12.9. The van der Waals surface area contributed by atoms with Crippen molar-refractivity contribution >= 4 is 6.04 Å². The lowest BCUT2D eigenvalue weighted by molar-refractivity contribution is -0.361. The summed E-state index contributed by atoms with van der Waals surface area (Å²) in [7, 11) is 0. The lowest BCUT2D eigenvalue weighted by Gasteiger charge is -2.24. The van der Waals surface area contributed by atoms with E-state index in [2.05, 4.69) is 9.47 Å². The van der Waals surface area contributed by atoms with Gasteiger partial charge in [-0.25, -0.2) is 4.39 Å². The van der Waals surface area contributed by atoms with Gasteiger partial charge in [-0.05, 0) is 0 Å². The van der Waals surface area contributed by atoms with Gasteiger partial charge >= 0.3 is 30.0 Å². The summed E-state index contributed by atoms with van der Waals surface area (Å²) in [6.45, 7) is -2.77. The predicted octanol–water partition coefficient (Wildman–Crippen LogP) is 2.02. The monoisotopic (exact) mass is 274 g/mol. The van der Waals surface area contributed by atoms with Gasteiger partial charge in [0, 0.05) is 0 Å². The molecular weight excluding hydrogens is 272 g/mol. The number of ether oxygens (including phenoxy) is 2. The molecular formula is C6H2F8O3. The lowest BCUT2D eigenvalue weighted by Crippen LogP contribution is -2.53. The fourth-order valence-corrected chi connectivity index (χ4v) is 0.977. The molecule has 17 heavy (non-hydrogen) atoms. The second-order valence-electron chi connectivity index (χ2n) is 2.97. The van der Waals surface area contributed by atoms with Crippen molar-refractivity contribution in [3.05, 3.63) is 0 Å². The Bertz CT molecular complexity index is 341. The molecule has 0 bridgehead atoms. The molecule has 0 amide bonds. The Hall–Kier alpha value is -0.970. The van der Waals surface area contributed by atoms with Crippen molar-refractivity contribution in [2.24, 2.45) is 0 Å². The number of carbonyl (C=O) groups excluding carboxylic acids is 1. The van der Waals surface area contributed by atoms with Crippen LogP contribution in [-0.4, -0.2) is 36.6 Å². The molecule has 0 aromatic carbocycles. The molecule has 0 spiro atoms. The first-order chi connectivity index (χ1) is 7.42. The molecule has 11 heteroatoms. The van der Waals surface area contributed by atoms with Gasteiger partial charge in [-0.15, -0.1) is 0 Å². The Balaban J connectivity index is 3.30. The summed E-state index contributed by atoms with van der Waals surface area (Å²) in [5.74, 6) is -10.1. The molecule has 1 aliphatic rings. The maximum atomic E-state index is 12.9. The van der Waals surface area contributed by atoms with Gasteiger partial charge in [0.2, 0.25) is 0 Å². The van der Waals surface area contributed by atoms with E-state index in [-0.39, 0.29) is 0 Å².